The summed E-state index contributed by atoms with van der Waals surface area (Å²) in [6.07, 6.45) is 7.28. The Bertz CT molecular complexity index is 151. The second-order valence-electron chi connectivity index (χ2n) is 4.80. The summed E-state index contributed by atoms with van der Waals surface area (Å²) >= 11 is 0. The Hall–Kier alpha value is -0.0400. The van der Waals surface area contributed by atoms with E-state index in [1.807, 2.05) is 0 Å². The molecular formula is C11H21N. The fourth-order valence-corrected chi connectivity index (χ4v) is 2.69. The van der Waals surface area contributed by atoms with Crippen LogP contribution in [-0.2, 0) is 0 Å². The topological polar surface area (TPSA) is 3.24 Å². The van der Waals surface area contributed by atoms with Crippen molar-refractivity contribution < 1.29 is 0 Å². The molecule has 0 aromatic rings. The summed E-state index contributed by atoms with van der Waals surface area (Å²) in [5.41, 5.74) is 0. The minimum atomic E-state index is 0.860. The van der Waals surface area contributed by atoms with Crippen LogP contribution >= 0.6 is 0 Å². The van der Waals surface area contributed by atoms with E-state index < -0.39 is 0 Å². The monoisotopic (exact) mass is 167 g/mol. The largest absolute Gasteiger partial charge is 0.298 e. The molecule has 0 bridgehead atoms. The summed E-state index contributed by atoms with van der Waals surface area (Å²) < 4.78 is 0. The van der Waals surface area contributed by atoms with Crippen molar-refractivity contribution in [2.75, 3.05) is 6.54 Å². The van der Waals surface area contributed by atoms with Gasteiger partial charge in [0.2, 0.25) is 0 Å². The molecule has 0 aromatic carbocycles. The van der Waals surface area contributed by atoms with Crippen molar-refractivity contribution in [2.45, 2.75) is 58.0 Å². The number of hydrogen-bond acceptors (Lipinski definition) is 1. The van der Waals surface area contributed by atoms with Crippen molar-refractivity contribution in [3.63, 3.8) is 0 Å². The Labute approximate surface area is 76.1 Å². The SMILES string of the molecule is CC1CCN(C2CCC2)C(C)C1. The maximum absolute atomic E-state index is 2.75. The van der Waals surface area contributed by atoms with Gasteiger partial charge in [0, 0.05) is 12.1 Å². The van der Waals surface area contributed by atoms with Crippen LogP contribution in [-0.4, -0.2) is 23.5 Å². The first-order valence-electron chi connectivity index (χ1n) is 5.53. The van der Waals surface area contributed by atoms with Crippen LogP contribution in [0.15, 0.2) is 0 Å². The fourth-order valence-electron chi connectivity index (χ4n) is 2.69. The van der Waals surface area contributed by atoms with Crippen LogP contribution in [0.25, 0.3) is 0 Å². The minimum absolute atomic E-state index is 0.860. The van der Waals surface area contributed by atoms with Crippen LogP contribution in [0.1, 0.15) is 46.0 Å². The molecule has 1 heterocycles. The molecule has 1 aliphatic carbocycles. The predicted molar refractivity (Wildman–Crippen MR) is 52.2 cm³/mol. The van der Waals surface area contributed by atoms with Crippen LogP contribution in [0.5, 0.6) is 0 Å². The molecule has 1 heteroatoms. The number of likely N-dealkylation sites (tertiary alicyclic amines) is 1. The molecule has 0 N–H and O–H groups in total. The van der Waals surface area contributed by atoms with Crippen LogP contribution in [0.3, 0.4) is 0 Å². The third-order valence-electron chi connectivity index (χ3n) is 3.73. The van der Waals surface area contributed by atoms with Crippen molar-refractivity contribution in [1.82, 2.24) is 4.90 Å². The van der Waals surface area contributed by atoms with Crippen molar-refractivity contribution in [3.8, 4) is 0 Å². The van der Waals surface area contributed by atoms with Gasteiger partial charge in [-0.05, 0) is 45.1 Å². The zero-order valence-corrected chi connectivity index (χ0v) is 8.42. The third kappa shape index (κ3) is 1.52. The normalized spacial score (nSPS) is 39.5. The van der Waals surface area contributed by atoms with Crippen LogP contribution < -0.4 is 0 Å². The summed E-state index contributed by atoms with van der Waals surface area (Å²) in [5.74, 6) is 0.969. The van der Waals surface area contributed by atoms with Crippen molar-refractivity contribution in [3.05, 3.63) is 0 Å². The van der Waals surface area contributed by atoms with Gasteiger partial charge in [-0.25, -0.2) is 0 Å². The van der Waals surface area contributed by atoms with E-state index in [1.54, 1.807) is 0 Å². The minimum Gasteiger partial charge on any atom is -0.298 e. The van der Waals surface area contributed by atoms with E-state index in [0.717, 1.165) is 18.0 Å². The molecule has 70 valence electrons. The molecule has 2 fully saturated rings. The van der Waals surface area contributed by atoms with Gasteiger partial charge in [0.25, 0.3) is 0 Å². The number of piperidine rings is 1. The lowest BCUT2D eigenvalue weighted by Gasteiger charge is -2.45. The van der Waals surface area contributed by atoms with Gasteiger partial charge in [-0.3, -0.25) is 4.90 Å². The lowest BCUT2D eigenvalue weighted by atomic mass is 9.85. The van der Waals surface area contributed by atoms with Gasteiger partial charge in [0.15, 0.2) is 0 Å². The van der Waals surface area contributed by atoms with E-state index in [0.29, 0.717) is 0 Å². The first-order valence-corrected chi connectivity index (χ1v) is 5.53. The molecule has 12 heavy (non-hydrogen) atoms. The van der Waals surface area contributed by atoms with Gasteiger partial charge in [-0.2, -0.15) is 0 Å². The Morgan fingerprint density at radius 1 is 1.08 bits per heavy atom. The molecule has 1 saturated heterocycles. The van der Waals surface area contributed by atoms with Gasteiger partial charge in [-0.15, -0.1) is 0 Å². The van der Waals surface area contributed by atoms with Gasteiger partial charge < -0.3 is 0 Å². The van der Waals surface area contributed by atoms with Crippen LogP contribution in [0.2, 0.25) is 0 Å². The molecule has 0 radical (unpaired) electrons. The Morgan fingerprint density at radius 2 is 1.83 bits per heavy atom. The molecule has 2 aliphatic rings. The maximum atomic E-state index is 2.75. The number of rotatable bonds is 1. The highest BCUT2D eigenvalue weighted by Gasteiger charge is 2.31. The van der Waals surface area contributed by atoms with E-state index in [-0.39, 0.29) is 0 Å². The van der Waals surface area contributed by atoms with Gasteiger partial charge in [-0.1, -0.05) is 13.3 Å². The van der Waals surface area contributed by atoms with Gasteiger partial charge >= 0.3 is 0 Å². The molecule has 2 unspecified atom stereocenters. The molecular weight excluding hydrogens is 146 g/mol. The summed E-state index contributed by atoms with van der Waals surface area (Å²) in [7, 11) is 0. The van der Waals surface area contributed by atoms with E-state index in [9.17, 15) is 0 Å². The highest BCUT2D eigenvalue weighted by atomic mass is 15.2. The Kier molecular flexibility index (Phi) is 2.40. The third-order valence-corrected chi connectivity index (χ3v) is 3.73. The first-order chi connectivity index (χ1) is 5.77. The zero-order valence-electron chi connectivity index (χ0n) is 8.42. The fraction of sp³-hybridized carbons (Fsp3) is 1.00. The summed E-state index contributed by atoms with van der Waals surface area (Å²) in [4.78, 5) is 2.75. The maximum Gasteiger partial charge on any atom is 0.00981 e. The zero-order chi connectivity index (χ0) is 8.55. The van der Waals surface area contributed by atoms with Crippen molar-refractivity contribution in [1.29, 1.82) is 0 Å². The lowest BCUT2D eigenvalue weighted by Crippen LogP contribution is -2.49. The molecule has 0 spiro atoms. The predicted octanol–water partition coefficient (Wildman–Crippen LogP) is 2.66. The summed E-state index contributed by atoms with van der Waals surface area (Å²) in [6.45, 7) is 6.18. The molecule has 1 aliphatic heterocycles. The quantitative estimate of drug-likeness (QED) is 0.580. The average Bonchev–Trinajstić information content (AvgIpc) is 1.91. The average molecular weight is 167 g/mol. The first kappa shape index (κ1) is 8.55. The molecule has 0 aromatic heterocycles. The van der Waals surface area contributed by atoms with Gasteiger partial charge in [0.05, 0.1) is 0 Å². The van der Waals surface area contributed by atoms with E-state index in [2.05, 4.69) is 18.7 Å². The molecule has 2 atom stereocenters. The molecule has 1 nitrogen and oxygen atoms in total. The van der Waals surface area contributed by atoms with E-state index in [4.69, 9.17) is 0 Å². The second kappa shape index (κ2) is 3.37. The highest BCUT2D eigenvalue weighted by Crippen LogP contribution is 2.31. The Balaban J connectivity index is 1.88. The lowest BCUT2D eigenvalue weighted by molar-refractivity contribution is 0.0434. The van der Waals surface area contributed by atoms with E-state index >= 15 is 0 Å². The smallest absolute Gasteiger partial charge is 0.00981 e. The highest BCUT2D eigenvalue weighted by molar-refractivity contribution is 4.86. The van der Waals surface area contributed by atoms with Crippen molar-refractivity contribution in [2.24, 2.45) is 5.92 Å². The standard InChI is InChI=1S/C11H21N/c1-9-6-7-12(10(2)8-9)11-4-3-5-11/h9-11H,3-8H2,1-2H3. The molecule has 2 rings (SSSR count). The summed E-state index contributed by atoms with van der Waals surface area (Å²) in [5, 5.41) is 0. The number of nitrogens with zero attached hydrogens (tertiary/aromatic N) is 1. The van der Waals surface area contributed by atoms with E-state index in [1.165, 1.54) is 38.6 Å². The van der Waals surface area contributed by atoms with Crippen molar-refractivity contribution >= 4 is 0 Å². The second-order valence-corrected chi connectivity index (χ2v) is 4.80. The Morgan fingerprint density at radius 3 is 2.33 bits per heavy atom. The summed E-state index contributed by atoms with van der Waals surface area (Å²) in [6, 6.07) is 1.83. The molecule has 0 amide bonds. The molecule has 1 saturated carbocycles. The van der Waals surface area contributed by atoms with Gasteiger partial charge in [0.1, 0.15) is 0 Å². The van der Waals surface area contributed by atoms with Crippen LogP contribution in [0, 0.1) is 5.92 Å². The number of hydrogen-bond donors (Lipinski definition) is 0. The van der Waals surface area contributed by atoms with Crippen LogP contribution in [0.4, 0.5) is 0 Å².